The largest absolute Gasteiger partial charge is 0.416 e. The van der Waals surface area contributed by atoms with E-state index in [1.165, 1.54) is 17.2 Å². The quantitative estimate of drug-likeness (QED) is 0.616. The van der Waals surface area contributed by atoms with E-state index in [0.29, 0.717) is 24.0 Å². The van der Waals surface area contributed by atoms with Crippen LogP contribution in [0.25, 0.3) is 0 Å². The van der Waals surface area contributed by atoms with Crippen molar-refractivity contribution in [2.45, 2.75) is 48.9 Å². The van der Waals surface area contributed by atoms with Crippen LogP contribution in [0.15, 0.2) is 23.5 Å². The molecule has 174 valence electrons. The molecule has 2 aliphatic heterocycles. The number of rotatable bonds is 4. The Bertz CT molecular complexity index is 1030. The lowest BCUT2D eigenvalue weighted by molar-refractivity contribution is -0.122. The van der Waals surface area contributed by atoms with Gasteiger partial charge in [-0.15, -0.1) is 5.10 Å². The third-order valence-corrected chi connectivity index (χ3v) is 7.93. The standard InChI is InChI=1S/C21H25N7O4S/c1-26-20(23-24-25-26)33-14-8-10-27(11-9-14)21(31)32-17-7-6-13(12-22-17)28-18(29)15-4-2-3-5-16(15)19(28)30/h6-7,12,14-16H,2-5,8-11H2,1H3. The fourth-order valence-electron chi connectivity index (χ4n) is 4.76. The zero-order chi connectivity index (χ0) is 22.9. The van der Waals surface area contributed by atoms with Crippen LogP contribution in [0.2, 0.25) is 0 Å². The van der Waals surface area contributed by atoms with Gasteiger partial charge in [-0.05, 0) is 42.2 Å². The molecule has 5 rings (SSSR count). The Morgan fingerprint density at radius 2 is 1.76 bits per heavy atom. The van der Waals surface area contributed by atoms with Crippen molar-refractivity contribution in [1.82, 2.24) is 30.1 Å². The van der Waals surface area contributed by atoms with Crippen LogP contribution in [0.1, 0.15) is 38.5 Å². The van der Waals surface area contributed by atoms with Gasteiger partial charge in [-0.25, -0.2) is 19.4 Å². The molecule has 33 heavy (non-hydrogen) atoms. The normalized spacial score (nSPS) is 23.7. The number of piperidine rings is 1. The lowest BCUT2D eigenvalue weighted by atomic mass is 9.81. The van der Waals surface area contributed by atoms with E-state index >= 15 is 0 Å². The number of tetrazole rings is 1. The van der Waals surface area contributed by atoms with Crippen LogP contribution in [0.5, 0.6) is 5.88 Å². The minimum atomic E-state index is -0.460. The molecule has 0 N–H and O–H groups in total. The molecule has 0 spiro atoms. The van der Waals surface area contributed by atoms with E-state index in [1.807, 2.05) is 0 Å². The van der Waals surface area contributed by atoms with Crippen molar-refractivity contribution in [3.05, 3.63) is 18.3 Å². The first-order valence-electron chi connectivity index (χ1n) is 11.2. The smallest absolute Gasteiger partial charge is 0.391 e. The van der Waals surface area contributed by atoms with E-state index in [9.17, 15) is 14.4 Å². The number of fused-ring (bicyclic) bond motifs is 1. The monoisotopic (exact) mass is 471 g/mol. The number of hydrogen-bond acceptors (Lipinski definition) is 9. The fraction of sp³-hybridized carbons (Fsp3) is 0.571. The molecule has 2 unspecified atom stereocenters. The van der Waals surface area contributed by atoms with Crippen LogP contribution >= 0.6 is 11.8 Å². The highest BCUT2D eigenvalue weighted by Gasteiger charge is 2.48. The van der Waals surface area contributed by atoms with Gasteiger partial charge < -0.3 is 9.64 Å². The first-order chi connectivity index (χ1) is 16.0. The highest BCUT2D eigenvalue weighted by Crippen LogP contribution is 2.40. The molecule has 1 saturated carbocycles. The number of carbonyl (C=O) groups is 3. The van der Waals surface area contributed by atoms with Crippen LogP contribution in [-0.2, 0) is 16.6 Å². The van der Waals surface area contributed by atoms with Crippen LogP contribution < -0.4 is 9.64 Å². The lowest BCUT2D eigenvalue weighted by Crippen LogP contribution is -2.41. The van der Waals surface area contributed by atoms with E-state index in [0.717, 1.165) is 43.7 Å². The van der Waals surface area contributed by atoms with Crippen molar-refractivity contribution in [3.8, 4) is 5.88 Å². The Morgan fingerprint density at radius 3 is 2.33 bits per heavy atom. The summed E-state index contributed by atoms with van der Waals surface area (Å²) in [4.78, 5) is 45.1. The van der Waals surface area contributed by atoms with Crippen molar-refractivity contribution in [2.24, 2.45) is 18.9 Å². The predicted molar refractivity (Wildman–Crippen MR) is 117 cm³/mol. The van der Waals surface area contributed by atoms with Crippen molar-refractivity contribution in [3.63, 3.8) is 0 Å². The summed E-state index contributed by atoms with van der Waals surface area (Å²) in [5, 5.41) is 12.6. The molecule has 12 heteroatoms. The zero-order valence-electron chi connectivity index (χ0n) is 18.3. The van der Waals surface area contributed by atoms with Gasteiger partial charge in [-0.2, -0.15) is 0 Å². The summed E-state index contributed by atoms with van der Waals surface area (Å²) >= 11 is 1.61. The van der Waals surface area contributed by atoms with Crippen molar-refractivity contribution in [2.75, 3.05) is 18.0 Å². The number of anilines is 1. The number of ether oxygens (including phenoxy) is 1. The van der Waals surface area contributed by atoms with Crippen LogP contribution in [0.4, 0.5) is 10.5 Å². The number of aryl methyl sites for hydroxylation is 1. The number of likely N-dealkylation sites (tertiary alicyclic amines) is 1. The van der Waals surface area contributed by atoms with E-state index in [4.69, 9.17) is 4.74 Å². The van der Waals surface area contributed by atoms with Gasteiger partial charge in [0.25, 0.3) is 0 Å². The Hall–Kier alpha value is -3.02. The van der Waals surface area contributed by atoms with Gasteiger partial charge in [0.15, 0.2) is 0 Å². The van der Waals surface area contributed by atoms with Crippen LogP contribution in [-0.4, -0.2) is 66.3 Å². The molecule has 0 radical (unpaired) electrons. The molecule has 3 aliphatic rings. The van der Waals surface area contributed by atoms with Gasteiger partial charge in [0.2, 0.25) is 22.9 Å². The molecule has 0 bridgehead atoms. The SMILES string of the molecule is Cn1nnnc1SC1CCN(C(=O)Oc2ccc(N3C(=O)C4CCCCC4C3=O)cn2)CC1. The molecular weight excluding hydrogens is 446 g/mol. The minimum Gasteiger partial charge on any atom is -0.391 e. The number of nitrogens with zero attached hydrogens (tertiary/aromatic N) is 7. The maximum Gasteiger partial charge on any atom is 0.416 e. The first kappa shape index (κ1) is 21.8. The third-order valence-electron chi connectivity index (χ3n) is 6.57. The molecule has 0 aromatic carbocycles. The van der Waals surface area contributed by atoms with E-state index < -0.39 is 6.09 Å². The van der Waals surface area contributed by atoms with Gasteiger partial charge in [-0.1, -0.05) is 24.6 Å². The highest BCUT2D eigenvalue weighted by molar-refractivity contribution is 7.99. The summed E-state index contributed by atoms with van der Waals surface area (Å²) < 4.78 is 7.06. The molecule has 2 saturated heterocycles. The number of hydrogen-bond donors (Lipinski definition) is 0. The molecule has 11 nitrogen and oxygen atoms in total. The van der Waals surface area contributed by atoms with Gasteiger partial charge in [-0.3, -0.25) is 9.59 Å². The topological polar surface area (TPSA) is 123 Å². The first-order valence-corrected chi connectivity index (χ1v) is 12.1. The van der Waals surface area contributed by atoms with Gasteiger partial charge >= 0.3 is 6.09 Å². The Balaban J connectivity index is 1.15. The van der Waals surface area contributed by atoms with Gasteiger partial charge in [0.05, 0.1) is 23.7 Å². The molecule has 2 aromatic rings. The molecule has 2 aromatic heterocycles. The van der Waals surface area contributed by atoms with Crippen molar-refractivity contribution in [1.29, 1.82) is 0 Å². The van der Waals surface area contributed by atoms with Gasteiger partial charge in [0.1, 0.15) is 0 Å². The Labute approximate surface area is 194 Å². The molecule has 1 aliphatic carbocycles. The Kier molecular flexibility index (Phi) is 6.00. The lowest BCUT2D eigenvalue weighted by Gasteiger charge is -2.30. The molecular formula is C21H25N7O4S. The molecule has 3 amide bonds. The van der Waals surface area contributed by atoms with Crippen LogP contribution in [0, 0.1) is 11.8 Å². The van der Waals surface area contributed by atoms with Crippen molar-refractivity contribution < 1.29 is 19.1 Å². The van der Waals surface area contributed by atoms with Gasteiger partial charge in [0, 0.05) is 31.5 Å². The average molecular weight is 472 g/mol. The summed E-state index contributed by atoms with van der Waals surface area (Å²) in [5.74, 6) is -0.574. The number of imide groups is 1. The third kappa shape index (κ3) is 4.31. The summed E-state index contributed by atoms with van der Waals surface area (Å²) in [6, 6.07) is 3.14. The highest BCUT2D eigenvalue weighted by atomic mass is 32.2. The summed E-state index contributed by atoms with van der Waals surface area (Å²) in [6.07, 6.45) is 6.06. The predicted octanol–water partition coefficient (Wildman–Crippen LogP) is 2.04. The van der Waals surface area contributed by atoms with Crippen LogP contribution in [0.3, 0.4) is 0 Å². The molecule has 3 fully saturated rings. The zero-order valence-corrected chi connectivity index (χ0v) is 19.1. The number of aromatic nitrogens is 5. The average Bonchev–Trinajstić information content (AvgIpc) is 3.35. The summed E-state index contributed by atoms with van der Waals surface area (Å²) in [5.41, 5.74) is 0.426. The number of pyridine rings is 1. The minimum absolute atomic E-state index is 0.141. The van der Waals surface area contributed by atoms with Crippen molar-refractivity contribution >= 4 is 35.4 Å². The molecule has 2 atom stereocenters. The number of carbonyl (C=O) groups excluding carboxylic acids is 3. The maximum atomic E-state index is 12.7. The Morgan fingerprint density at radius 1 is 1.06 bits per heavy atom. The second kappa shape index (κ2) is 9.08. The van der Waals surface area contributed by atoms with E-state index in [-0.39, 0.29) is 29.5 Å². The summed E-state index contributed by atoms with van der Waals surface area (Å²) in [7, 11) is 1.80. The maximum absolute atomic E-state index is 12.7. The second-order valence-corrected chi connectivity index (χ2v) is 9.89. The van der Waals surface area contributed by atoms with E-state index in [2.05, 4.69) is 20.5 Å². The summed E-state index contributed by atoms with van der Waals surface area (Å²) in [6.45, 7) is 1.14. The van der Waals surface area contributed by atoms with E-state index in [1.54, 1.807) is 34.5 Å². The number of thioether (sulfide) groups is 1. The number of amides is 3. The molecule has 4 heterocycles. The fourth-order valence-corrected chi connectivity index (χ4v) is 5.78. The second-order valence-electron chi connectivity index (χ2n) is 8.62.